The van der Waals surface area contributed by atoms with Gasteiger partial charge in [0.15, 0.2) is 11.6 Å². The van der Waals surface area contributed by atoms with Crippen LogP contribution in [-0.4, -0.2) is 37.1 Å². The number of benzene rings is 1. The Balaban J connectivity index is 1.66. The van der Waals surface area contributed by atoms with E-state index in [2.05, 4.69) is 26.7 Å². The molecule has 6 heteroatoms. The third-order valence-corrected chi connectivity index (χ3v) is 4.58. The maximum Gasteiger partial charge on any atom is 0.256 e. The van der Waals surface area contributed by atoms with Crippen molar-refractivity contribution >= 4 is 5.91 Å². The molecule has 0 unspecified atom stereocenters. The first kappa shape index (κ1) is 15.5. The summed E-state index contributed by atoms with van der Waals surface area (Å²) < 4.78 is 2.13. The molecule has 1 aliphatic rings. The third-order valence-electron chi connectivity index (χ3n) is 4.58. The normalized spacial score (nSPS) is 16.6. The van der Waals surface area contributed by atoms with E-state index in [1.54, 1.807) is 12.3 Å². The minimum atomic E-state index is -0.00652. The standard InChI is InChI=1S/C19H19N5O/c1-13-11-23(19(25)16-9-6-10-20-14(16)2)12-17-21-22-18(24(13)17)15-7-4-3-5-8-15/h3-10,13H,11-12H2,1-2H3/t13-/m0/s1. The number of nitrogens with zero attached hydrogens (tertiary/aromatic N) is 5. The van der Waals surface area contributed by atoms with Crippen LogP contribution in [0.15, 0.2) is 48.7 Å². The van der Waals surface area contributed by atoms with Gasteiger partial charge in [-0.05, 0) is 26.0 Å². The molecule has 0 aliphatic carbocycles. The molecule has 4 rings (SSSR count). The van der Waals surface area contributed by atoms with Crippen LogP contribution in [0, 0.1) is 6.92 Å². The van der Waals surface area contributed by atoms with Crippen LogP contribution in [0.25, 0.3) is 11.4 Å². The first-order valence-corrected chi connectivity index (χ1v) is 8.35. The molecule has 6 nitrogen and oxygen atoms in total. The molecule has 0 radical (unpaired) electrons. The predicted molar refractivity (Wildman–Crippen MR) is 93.9 cm³/mol. The van der Waals surface area contributed by atoms with Crippen molar-refractivity contribution in [1.29, 1.82) is 0 Å². The van der Waals surface area contributed by atoms with Crippen LogP contribution < -0.4 is 0 Å². The van der Waals surface area contributed by atoms with Gasteiger partial charge in [0, 0.05) is 24.0 Å². The summed E-state index contributed by atoms with van der Waals surface area (Å²) in [7, 11) is 0. The second-order valence-corrected chi connectivity index (χ2v) is 6.35. The highest BCUT2D eigenvalue weighted by Crippen LogP contribution is 2.28. The molecule has 2 aromatic heterocycles. The Morgan fingerprint density at radius 3 is 2.68 bits per heavy atom. The first-order valence-electron chi connectivity index (χ1n) is 8.35. The molecule has 0 spiro atoms. The summed E-state index contributed by atoms with van der Waals surface area (Å²) in [6.45, 7) is 5.03. The fourth-order valence-corrected chi connectivity index (χ4v) is 3.35. The smallest absolute Gasteiger partial charge is 0.256 e. The van der Waals surface area contributed by atoms with Gasteiger partial charge in [-0.15, -0.1) is 10.2 Å². The topological polar surface area (TPSA) is 63.9 Å². The number of pyridine rings is 1. The van der Waals surface area contributed by atoms with E-state index in [0.29, 0.717) is 18.7 Å². The lowest BCUT2D eigenvalue weighted by atomic mass is 10.1. The van der Waals surface area contributed by atoms with Crippen molar-refractivity contribution in [1.82, 2.24) is 24.6 Å². The van der Waals surface area contributed by atoms with Crippen molar-refractivity contribution in [2.24, 2.45) is 0 Å². The zero-order valence-corrected chi connectivity index (χ0v) is 14.3. The largest absolute Gasteiger partial charge is 0.329 e. The van der Waals surface area contributed by atoms with Gasteiger partial charge in [0.25, 0.3) is 5.91 Å². The Bertz CT molecular complexity index is 919. The molecule has 0 saturated carbocycles. The minimum absolute atomic E-state index is 0.00652. The summed E-state index contributed by atoms with van der Waals surface area (Å²) >= 11 is 0. The molecule has 1 atom stereocenters. The van der Waals surface area contributed by atoms with Crippen LogP contribution in [0.3, 0.4) is 0 Å². The Morgan fingerprint density at radius 1 is 1.12 bits per heavy atom. The maximum atomic E-state index is 12.9. The Kier molecular flexibility index (Phi) is 3.80. The molecule has 126 valence electrons. The summed E-state index contributed by atoms with van der Waals surface area (Å²) in [5.74, 6) is 1.66. The van der Waals surface area contributed by atoms with Crippen LogP contribution in [0.4, 0.5) is 0 Å². The van der Waals surface area contributed by atoms with E-state index < -0.39 is 0 Å². The molecule has 1 aliphatic heterocycles. The summed E-state index contributed by atoms with van der Waals surface area (Å²) in [5, 5.41) is 8.70. The van der Waals surface area contributed by atoms with Gasteiger partial charge in [0.2, 0.25) is 0 Å². The van der Waals surface area contributed by atoms with Crippen molar-refractivity contribution < 1.29 is 4.79 Å². The van der Waals surface area contributed by atoms with Gasteiger partial charge in [-0.1, -0.05) is 30.3 Å². The molecule has 1 amide bonds. The molecule has 3 heterocycles. The van der Waals surface area contributed by atoms with E-state index in [4.69, 9.17) is 0 Å². The lowest BCUT2D eigenvalue weighted by Crippen LogP contribution is -2.40. The molecule has 25 heavy (non-hydrogen) atoms. The lowest BCUT2D eigenvalue weighted by molar-refractivity contribution is 0.0681. The van der Waals surface area contributed by atoms with Crippen LogP contribution in [0.1, 0.15) is 34.8 Å². The van der Waals surface area contributed by atoms with Crippen LogP contribution in [0.5, 0.6) is 0 Å². The number of aromatic nitrogens is 4. The van der Waals surface area contributed by atoms with Gasteiger partial charge in [0.1, 0.15) is 0 Å². The predicted octanol–water partition coefficient (Wildman–Crippen LogP) is 2.87. The monoisotopic (exact) mass is 333 g/mol. The summed E-state index contributed by atoms with van der Waals surface area (Å²) in [4.78, 5) is 18.9. The van der Waals surface area contributed by atoms with Gasteiger partial charge < -0.3 is 9.47 Å². The van der Waals surface area contributed by atoms with Crippen LogP contribution in [-0.2, 0) is 6.54 Å². The SMILES string of the molecule is Cc1ncccc1C(=O)N1Cc2nnc(-c3ccccc3)n2[C@@H](C)C1. The van der Waals surface area contributed by atoms with Gasteiger partial charge in [-0.3, -0.25) is 9.78 Å². The Hall–Kier alpha value is -3.02. The van der Waals surface area contributed by atoms with E-state index in [0.717, 1.165) is 22.9 Å². The highest BCUT2D eigenvalue weighted by Gasteiger charge is 2.30. The van der Waals surface area contributed by atoms with E-state index in [1.165, 1.54) is 0 Å². The molecule has 0 fully saturated rings. The fraction of sp³-hybridized carbons (Fsp3) is 0.263. The Morgan fingerprint density at radius 2 is 1.92 bits per heavy atom. The fourth-order valence-electron chi connectivity index (χ4n) is 3.35. The molecule has 0 saturated heterocycles. The molecular weight excluding hydrogens is 314 g/mol. The van der Waals surface area contributed by atoms with Crippen molar-refractivity contribution in [2.45, 2.75) is 26.4 Å². The quantitative estimate of drug-likeness (QED) is 0.723. The number of hydrogen-bond donors (Lipinski definition) is 0. The van der Waals surface area contributed by atoms with Crippen molar-refractivity contribution in [3.8, 4) is 11.4 Å². The van der Waals surface area contributed by atoms with Crippen molar-refractivity contribution in [2.75, 3.05) is 6.54 Å². The highest BCUT2D eigenvalue weighted by molar-refractivity contribution is 5.95. The lowest BCUT2D eigenvalue weighted by Gasteiger charge is -2.32. The van der Waals surface area contributed by atoms with E-state index in [9.17, 15) is 4.79 Å². The first-order chi connectivity index (χ1) is 12.1. The second kappa shape index (κ2) is 6.12. The van der Waals surface area contributed by atoms with Crippen LogP contribution in [0.2, 0.25) is 0 Å². The number of hydrogen-bond acceptors (Lipinski definition) is 4. The molecule has 3 aromatic rings. The van der Waals surface area contributed by atoms with Crippen molar-refractivity contribution in [3.63, 3.8) is 0 Å². The number of rotatable bonds is 2. The van der Waals surface area contributed by atoms with Crippen molar-refractivity contribution in [3.05, 3.63) is 65.7 Å². The molecular formula is C19H19N5O. The number of carbonyl (C=O) groups is 1. The zero-order chi connectivity index (χ0) is 17.4. The Labute approximate surface area is 146 Å². The summed E-state index contributed by atoms with van der Waals surface area (Å²) in [6, 6.07) is 13.7. The average molecular weight is 333 g/mol. The average Bonchev–Trinajstić information content (AvgIpc) is 3.07. The molecule has 0 N–H and O–H groups in total. The van der Waals surface area contributed by atoms with Crippen LogP contribution >= 0.6 is 0 Å². The number of amides is 1. The number of aryl methyl sites for hydroxylation is 1. The second-order valence-electron chi connectivity index (χ2n) is 6.35. The summed E-state index contributed by atoms with van der Waals surface area (Å²) in [5.41, 5.74) is 2.43. The van der Waals surface area contributed by atoms with E-state index in [1.807, 2.05) is 48.2 Å². The number of fused-ring (bicyclic) bond motifs is 1. The molecule has 1 aromatic carbocycles. The zero-order valence-electron chi connectivity index (χ0n) is 14.3. The van der Waals surface area contributed by atoms with Gasteiger partial charge >= 0.3 is 0 Å². The minimum Gasteiger partial charge on any atom is -0.329 e. The van der Waals surface area contributed by atoms with Gasteiger partial charge in [-0.25, -0.2) is 0 Å². The third kappa shape index (κ3) is 2.69. The molecule has 0 bridgehead atoms. The van der Waals surface area contributed by atoms with Gasteiger partial charge in [0.05, 0.1) is 18.2 Å². The highest BCUT2D eigenvalue weighted by atomic mass is 16.2. The maximum absolute atomic E-state index is 12.9. The van der Waals surface area contributed by atoms with E-state index >= 15 is 0 Å². The summed E-state index contributed by atoms with van der Waals surface area (Å²) in [6.07, 6.45) is 1.70. The van der Waals surface area contributed by atoms with E-state index in [-0.39, 0.29) is 11.9 Å². The number of carbonyl (C=O) groups excluding carboxylic acids is 1. The van der Waals surface area contributed by atoms with Gasteiger partial charge in [-0.2, -0.15) is 0 Å².